The van der Waals surface area contributed by atoms with Gasteiger partial charge in [0.1, 0.15) is 18.2 Å². The first-order valence-electron chi connectivity index (χ1n) is 10.5. The molecule has 1 aliphatic heterocycles. The van der Waals surface area contributed by atoms with Crippen molar-refractivity contribution in [3.8, 4) is 5.75 Å². The Morgan fingerprint density at radius 1 is 0.935 bits per heavy atom. The van der Waals surface area contributed by atoms with Crippen molar-refractivity contribution in [3.63, 3.8) is 0 Å². The minimum atomic E-state index is -0.307. The third-order valence-electron chi connectivity index (χ3n) is 5.73. The van der Waals surface area contributed by atoms with Crippen molar-refractivity contribution in [1.82, 2.24) is 9.80 Å². The van der Waals surface area contributed by atoms with Gasteiger partial charge in [-0.15, -0.1) is 24.8 Å². The lowest BCUT2D eigenvalue weighted by atomic mass is 10.1. The van der Waals surface area contributed by atoms with E-state index in [1.807, 2.05) is 12.1 Å². The van der Waals surface area contributed by atoms with Gasteiger partial charge in [0.25, 0.3) is 0 Å². The number of aryl methyl sites for hydroxylation is 1. The Kier molecular flexibility index (Phi) is 12.1. The molecule has 0 N–H and O–H groups in total. The molecule has 2 aromatic carbocycles. The highest BCUT2D eigenvalue weighted by atomic mass is 35.5. The van der Waals surface area contributed by atoms with Gasteiger partial charge in [-0.2, -0.15) is 0 Å². The maximum absolute atomic E-state index is 12.9. The molecule has 172 valence electrons. The molecule has 2 aromatic rings. The van der Waals surface area contributed by atoms with Crippen LogP contribution in [0.4, 0.5) is 4.39 Å². The van der Waals surface area contributed by atoms with E-state index in [2.05, 4.69) is 29.7 Å². The zero-order valence-corrected chi connectivity index (χ0v) is 19.9. The second-order valence-corrected chi connectivity index (χ2v) is 7.76. The second kappa shape index (κ2) is 13.7. The molecule has 4 nitrogen and oxygen atoms in total. The van der Waals surface area contributed by atoms with E-state index in [1.165, 1.54) is 23.3 Å². The number of hydrogen-bond donors (Lipinski definition) is 0. The molecule has 1 saturated heterocycles. The molecule has 0 bridgehead atoms. The summed E-state index contributed by atoms with van der Waals surface area (Å²) in [5.74, 6) is 0.764. The summed E-state index contributed by atoms with van der Waals surface area (Å²) in [6, 6.07) is 12.0. The van der Waals surface area contributed by atoms with E-state index < -0.39 is 0 Å². The normalized spacial score (nSPS) is 14.4. The number of halogens is 3. The van der Waals surface area contributed by atoms with Crippen LogP contribution in [-0.2, 0) is 0 Å². The molecule has 0 aliphatic carbocycles. The average molecular weight is 471 g/mol. The Hall–Kier alpha value is -1.66. The van der Waals surface area contributed by atoms with Crippen LogP contribution in [0.25, 0.3) is 0 Å². The fraction of sp³-hybridized carbons (Fsp3) is 0.458. The van der Waals surface area contributed by atoms with Crippen molar-refractivity contribution >= 4 is 30.6 Å². The molecule has 0 radical (unpaired) electrons. The van der Waals surface area contributed by atoms with Gasteiger partial charge in [-0.25, -0.2) is 4.39 Å². The van der Waals surface area contributed by atoms with E-state index >= 15 is 0 Å². The quantitative estimate of drug-likeness (QED) is 0.485. The van der Waals surface area contributed by atoms with Crippen LogP contribution >= 0.6 is 24.8 Å². The Morgan fingerprint density at radius 2 is 1.55 bits per heavy atom. The van der Waals surface area contributed by atoms with E-state index in [4.69, 9.17) is 4.74 Å². The summed E-state index contributed by atoms with van der Waals surface area (Å²) in [5, 5.41) is 0. The van der Waals surface area contributed by atoms with Crippen LogP contribution in [0.15, 0.2) is 42.5 Å². The van der Waals surface area contributed by atoms with Crippen molar-refractivity contribution in [2.75, 3.05) is 45.9 Å². The predicted octanol–water partition coefficient (Wildman–Crippen LogP) is 4.95. The number of carbonyl (C=O) groups excluding carboxylic acids is 1. The maximum Gasteiger partial charge on any atom is 0.162 e. The molecule has 0 aromatic heterocycles. The number of rotatable bonds is 9. The van der Waals surface area contributed by atoms with Crippen molar-refractivity contribution in [1.29, 1.82) is 0 Å². The molecule has 0 atom stereocenters. The number of hydrogen-bond acceptors (Lipinski definition) is 4. The van der Waals surface area contributed by atoms with Gasteiger partial charge >= 0.3 is 0 Å². The Labute approximate surface area is 197 Å². The van der Waals surface area contributed by atoms with Crippen LogP contribution in [0.5, 0.6) is 5.75 Å². The van der Waals surface area contributed by atoms with E-state index in [1.54, 1.807) is 12.1 Å². The monoisotopic (exact) mass is 470 g/mol. The Morgan fingerprint density at radius 3 is 2.19 bits per heavy atom. The molecule has 0 unspecified atom stereocenters. The molecule has 1 fully saturated rings. The van der Waals surface area contributed by atoms with E-state index in [0.717, 1.165) is 51.4 Å². The lowest BCUT2D eigenvalue weighted by Gasteiger charge is -2.34. The van der Waals surface area contributed by atoms with E-state index in [0.29, 0.717) is 18.6 Å². The third kappa shape index (κ3) is 8.41. The molecule has 7 heteroatoms. The molecule has 0 saturated carbocycles. The van der Waals surface area contributed by atoms with Crippen LogP contribution in [0.1, 0.15) is 34.3 Å². The number of ketones is 1. The molecule has 31 heavy (non-hydrogen) atoms. The van der Waals surface area contributed by atoms with Gasteiger partial charge in [-0.1, -0.05) is 12.1 Å². The summed E-state index contributed by atoms with van der Waals surface area (Å²) in [6.07, 6.45) is 1.35. The van der Waals surface area contributed by atoms with Gasteiger partial charge in [0.15, 0.2) is 5.78 Å². The molecule has 3 rings (SSSR count). The lowest BCUT2D eigenvalue weighted by Crippen LogP contribution is -2.47. The van der Waals surface area contributed by atoms with Crippen molar-refractivity contribution < 1.29 is 13.9 Å². The average Bonchev–Trinajstić information content (AvgIpc) is 2.73. The van der Waals surface area contributed by atoms with Crippen LogP contribution < -0.4 is 4.74 Å². The number of ether oxygens (including phenoxy) is 1. The molecule has 0 spiro atoms. The number of piperazine rings is 1. The van der Waals surface area contributed by atoms with Crippen LogP contribution in [0, 0.1) is 19.7 Å². The molecule has 1 heterocycles. The van der Waals surface area contributed by atoms with Gasteiger partial charge in [0.2, 0.25) is 0 Å². The SMILES string of the molecule is Cc1cccc(OCCN2CCN(CCCC(=O)c3ccc(F)cc3)CC2)c1C.Cl.Cl. The second-order valence-electron chi connectivity index (χ2n) is 7.76. The standard InChI is InChI=1S/C24H31FN2O2.2ClH/c1-19-5-3-7-24(20(19)2)29-18-17-27-15-13-26(14-16-27)12-4-6-23(28)21-8-10-22(25)11-9-21;;/h3,5,7-11H,4,6,12-18H2,1-2H3;2*1H. The molecule has 0 amide bonds. The van der Waals surface area contributed by atoms with E-state index in [-0.39, 0.29) is 36.4 Å². The van der Waals surface area contributed by atoms with Gasteiger partial charge in [-0.3, -0.25) is 9.69 Å². The highest BCUT2D eigenvalue weighted by Gasteiger charge is 2.17. The Balaban J connectivity index is 0.00000240. The van der Waals surface area contributed by atoms with Gasteiger partial charge in [0, 0.05) is 44.7 Å². The first-order chi connectivity index (χ1) is 14.0. The van der Waals surface area contributed by atoms with Gasteiger partial charge < -0.3 is 9.64 Å². The van der Waals surface area contributed by atoms with Gasteiger partial charge in [0.05, 0.1) is 0 Å². The molecular weight excluding hydrogens is 438 g/mol. The van der Waals surface area contributed by atoms with Crippen molar-refractivity contribution in [3.05, 3.63) is 65.0 Å². The summed E-state index contributed by atoms with van der Waals surface area (Å²) >= 11 is 0. The van der Waals surface area contributed by atoms with Crippen LogP contribution in [0.2, 0.25) is 0 Å². The number of carbonyl (C=O) groups is 1. The predicted molar refractivity (Wildman–Crippen MR) is 129 cm³/mol. The zero-order chi connectivity index (χ0) is 20.6. The maximum atomic E-state index is 12.9. The van der Waals surface area contributed by atoms with Crippen molar-refractivity contribution in [2.45, 2.75) is 26.7 Å². The largest absolute Gasteiger partial charge is 0.492 e. The smallest absolute Gasteiger partial charge is 0.162 e. The summed E-state index contributed by atoms with van der Waals surface area (Å²) in [5.41, 5.74) is 3.07. The minimum Gasteiger partial charge on any atom is -0.492 e. The highest BCUT2D eigenvalue weighted by molar-refractivity contribution is 5.95. The lowest BCUT2D eigenvalue weighted by molar-refractivity contribution is 0.0953. The molecular formula is C24H33Cl2FN2O2. The fourth-order valence-corrected chi connectivity index (χ4v) is 3.65. The van der Waals surface area contributed by atoms with Crippen molar-refractivity contribution in [2.24, 2.45) is 0 Å². The zero-order valence-electron chi connectivity index (χ0n) is 18.3. The van der Waals surface area contributed by atoms with E-state index in [9.17, 15) is 9.18 Å². The number of benzene rings is 2. The molecule has 1 aliphatic rings. The summed E-state index contributed by atoms with van der Waals surface area (Å²) in [7, 11) is 0. The summed E-state index contributed by atoms with van der Waals surface area (Å²) < 4.78 is 18.9. The first-order valence-corrected chi connectivity index (χ1v) is 10.5. The Bertz CT molecular complexity index is 810. The number of nitrogens with zero attached hydrogens (tertiary/aromatic N) is 2. The van der Waals surface area contributed by atoms with Gasteiger partial charge in [-0.05, 0) is 68.3 Å². The summed E-state index contributed by atoms with van der Waals surface area (Å²) in [4.78, 5) is 17.0. The highest BCUT2D eigenvalue weighted by Crippen LogP contribution is 2.20. The third-order valence-corrected chi connectivity index (χ3v) is 5.73. The number of Topliss-reactive ketones (excluding diaryl/α,β-unsaturated/α-hetero) is 1. The van der Waals surface area contributed by atoms with Crippen LogP contribution in [0.3, 0.4) is 0 Å². The summed E-state index contributed by atoms with van der Waals surface area (Å²) in [6.45, 7) is 10.9. The van der Waals surface area contributed by atoms with Crippen LogP contribution in [-0.4, -0.2) is 61.5 Å². The minimum absolute atomic E-state index is 0. The topological polar surface area (TPSA) is 32.8 Å². The fourth-order valence-electron chi connectivity index (χ4n) is 3.65. The first kappa shape index (κ1) is 27.4.